The summed E-state index contributed by atoms with van der Waals surface area (Å²) in [4.78, 5) is 14.6. The van der Waals surface area contributed by atoms with Crippen LogP contribution in [0.5, 0.6) is 0 Å². The zero-order chi connectivity index (χ0) is 16.1. The van der Waals surface area contributed by atoms with Gasteiger partial charge in [0.1, 0.15) is 0 Å². The summed E-state index contributed by atoms with van der Waals surface area (Å²) in [5.74, 6) is 0.101. The molecule has 1 N–H and O–H groups in total. The van der Waals surface area contributed by atoms with Gasteiger partial charge in [-0.05, 0) is 42.2 Å². The third-order valence-electron chi connectivity index (χ3n) is 4.38. The smallest absolute Gasteiger partial charge is 0.253 e. The number of likely N-dealkylation sites (tertiary alicyclic amines) is 1. The van der Waals surface area contributed by atoms with Gasteiger partial charge in [-0.2, -0.15) is 0 Å². The average Bonchev–Trinajstić information content (AvgIpc) is 2.61. The first-order valence-electron chi connectivity index (χ1n) is 8.28. The first kappa shape index (κ1) is 16.0. The number of amides is 1. The summed E-state index contributed by atoms with van der Waals surface area (Å²) in [7, 11) is 0. The van der Waals surface area contributed by atoms with Gasteiger partial charge in [0.2, 0.25) is 0 Å². The van der Waals surface area contributed by atoms with Crippen molar-refractivity contribution in [2.45, 2.75) is 25.4 Å². The number of aliphatic hydroxyl groups is 1. The Morgan fingerprint density at radius 1 is 1.13 bits per heavy atom. The third kappa shape index (κ3) is 3.89. The van der Waals surface area contributed by atoms with Crippen LogP contribution in [0.3, 0.4) is 0 Å². The van der Waals surface area contributed by atoms with E-state index in [9.17, 15) is 4.79 Å². The van der Waals surface area contributed by atoms with Crippen LogP contribution >= 0.6 is 0 Å². The van der Waals surface area contributed by atoms with Gasteiger partial charge in [-0.3, -0.25) is 4.79 Å². The summed E-state index contributed by atoms with van der Waals surface area (Å²) in [6.07, 6.45) is 2.62. The van der Waals surface area contributed by atoms with E-state index in [2.05, 4.69) is 6.07 Å². The number of hydrogen-bond acceptors (Lipinski definition) is 3. The number of benzene rings is 2. The summed E-state index contributed by atoms with van der Waals surface area (Å²) in [5, 5.41) is 11.0. The molecule has 1 heterocycles. The molecule has 122 valence electrons. The van der Waals surface area contributed by atoms with E-state index < -0.39 is 0 Å². The van der Waals surface area contributed by atoms with E-state index in [1.165, 1.54) is 0 Å². The highest BCUT2D eigenvalue weighted by molar-refractivity contribution is 5.98. The fraction of sp³-hybridized carbons (Fsp3) is 0.421. The van der Waals surface area contributed by atoms with Crippen LogP contribution in [0.25, 0.3) is 10.8 Å². The van der Waals surface area contributed by atoms with Crippen LogP contribution in [0, 0.1) is 0 Å². The van der Waals surface area contributed by atoms with Crippen LogP contribution in [-0.2, 0) is 4.74 Å². The van der Waals surface area contributed by atoms with Crippen molar-refractivity contribution in [2.24, 2.45) is 0 Å². The van der Waals surface area contributed by atoms with Gasteiger partial charge < -0.3 is 14.7 Å². The number of ether oxygens (including phenoxy) is 1. The lowest BCUT2D eigenvalue weighted by Crippen LogP contribution is -2.41. The largest absolute Gasteiger partial charge is 0.396 e. The molecule has 3 rings (SSSR count). The molecule has 1 aliphatic rings. The number of aliphatic hydroxyl groups excluding tert-OH is 1. The second-order valence-electron chi connectivity index (χ2n) is 6.00. The van der Waals surface area contributed by atoms with Crippen molar-refractivity contribution < 1.29 is 14.6 Å². The van der Waals surface area contributed by atoms with Crippen LogP contribution < -0.4 is 0 Å². The highest BCUT2D eigenvalue weighted by atomic mass is 16.5. The minimum atomic E-state index is 0.101. The molecule has 1 fully saturated rings. The summed E-state index contributed by atoms with van der Waals surface area (Å²) in [6.45, 7) is 2.23. The predicted octanol–water partition coefficient (Wildman–Crippen LogP) is 2.84. The minimum Gasteiger partial charge on any atom is -0.396 e. The normalized spacial score (nSPS) is 16.0. The van der Waals surface area contributed by atoms with E-state index in [1.807, 2.05) is 41.3 Å². The Hall–Kier alpha value is -1.91. The molecular formula is C19H23NO3. The maximum atomic E-state index is 12.7. The topological polar surface area (TPSA) is 49.8 Å². The van der Waals surface area contributed by atoms with E-state index in [-0.39, 0.29) is 18.6 Å². The fourth-order valence-corrected chi connectivity index (χ4v) is 3.05. The zero-order valence-electron chi connectivity index (χ0n) is 13.3. The quantitative estimate of drug-likeness (QED) is 0.864. The van der Waals surface area contributed by atoms with E-state index in [4.69, 9.17) is 9.84 Å². The Kier molecular flexibility index (Phi) is 5.26. The average molecular weight is 313 g/mol. The highest BCUT2D eigenvalue weighted by Crippen LogP contribution is 2.20. The number of fused-ring (bicyclic) bond motifs is 1. The molecule has 23 heavy (non-hydrogen) atoms. The molecule has 0 aliphatic carbocycles. The SMILES string of the molecule is O=C(c1ccc2ccccc2c1)N1CCC(OCCCO)CC1. The molecule has 4 heteroatoms. The second-order valence-corrected chi connectivity index (χ2v) is 6.00. The second kappa shape index (κ2) is 7.57. The van der Waals surface area contributed by atoms with Gasteiger partial charge in [0, 0.05) is 31.9 Å². The van der Waals surface area contributed by atoms with Gasteiger partial charge in [0.15, 0.2) is 0 Å². The lowest BCUT2D eigenvalue weighted by Gasteiger charge is -2.32. The molecule has 0 unspecified atom stereocenters. The van der Waals surface area contributed by atoms with Gasteiger partial charge in [-0.1, -0.05) is 30.3 Å². The first-order chi connectivity index (χ1) is 11.3. The third-order valence-corrected chi connectivity index (χ3v) is 4.38. The lowest BCUT2D eigenvalue weighted by molar-refractivity contribution is 0.00398. The Morgan fingerprint density at radius 2 is 1.87 bits per heavy atom. The molecule has 4 nitrogen and oxygen atoms in total. The summed E-state index contributed by atoms with van der Waals surface area (Å²) in [5.41, 5.74) is 0.753. The van der Waals surface area contributed by atoms with E-state index in [1.54, 1.807) is 0 Å². The van der Waals surface area contributed by atoms with E-state index >= 15 is 0 Å². The Bertz CT molecular complexity index is 662. The number of carbonyl (C=O) groups is 1. The monoisotopic (exact) mass is 313 g/mol. The molecule has 2 aromatic carbocycles. The molecule has 0 atom stereocenters. The molecular weight excluding hydrogens is 290 g/mol. The van der Waals surface area contributed by atoms with Crippen molar-refractivity contribution in [3.63, 3.8) is 0 Å². The predicted molar refractivity (Wildman–Crippen MR) is 90.5 cm³/mol. The Balaban J connectivity index is 1.60. The summed E-state index contributed by atoms with van der Waals surface area (Å²) in [6, 6.07) is 14.0. The number of hydrogen-bond donors (Lipinski definition) is 1. The summed E-state index contributed by atoms with van der Waals surface area (Å²) < 4.78 is 5.72. The molecule has 0 saturated carbocycles. The molecule has 0 bridgehead atoms. The van der Waals surface area contributed by atoms with Gasteiger partial charge >= 0.3 is 0 Å². The number of piperidine rings is 1. The van der Waals surface area contributed by atoms with Crippen molar-refractivity contribution in [3.05, 3.63) is 48.0 Å². The maximum absolute atomic E-state index is 12.7. The van der Waals surface area contributed by atoms with Crippen molar-refractivity contribution in [1.29, 1.82) is 0 Å². The van der Waals surface area contributed by atoms with Gasteiger partial charge in [-0.15, -0.1) is 0 Å². The Labute approximate surface area is 136 Å². The molecule has 2 aromatic rings. The van der Waals surface area contributed by atoms with Crippen molar-refractivity contribution in [2.75, 3.05) is 26.3 Å². The van der Waals surface area contributed by atoms with Crippen molar-refractivity contribution >= 4 is 16.7 Å². The van der Waals surface area contributed by atoms with Crippen LogP contribution in [0.2, 0.25) is 0 Å². The first-order valence-corrected chi connectivity index (χ1v) is 8.28. The molecule has 1 aliphatic heterocycles. The minimum absolute atomic E-state index is 0.101. The molecule has 0 radical (unpaired) electrons. The highest BCUT2D eigenvalue weighted by Gasteiger charge is 2.24. The van der Waals surface area contributed by atoms with Gasteiger partial charge in [0.25, 0.3) is 5.91 Å². The summed E-state index contributed by atoms with van der Waals surface area (Å²) >= 11 is 0. The Morgan fingerprint density at radius 3 is 2.61 bits per heavy atom. The fourth-order valence-electron chi connectivity index (χ4n) is 3.05. The number of carbonyl (C=O) groups excluding carboxylic acids is 1. The maximum Gasteiger partial charge on any atom is 0.253 e. The molecule has 1 amide bonds. The standard InChI is InChI=1S/C19H23NO3/c21-12-3-13-23-18-8-10-20(11-9-18)19(22)17-7-6-15-4-1-2-5-16(15)14-17/h1-2,4-7,14,18,21H,3,8-13H2. The molecule has 0 aromatic heterocycles. The molecule has 1 saturated heterocycles. The molecule has 0 spiro atoms. The van der Waals surface area contributed by atoms with Crippen LogP contribution in [0.1, 0.15) is 29.6 Å². The van der Waals surface area contributed by atoms with Crippen molar-refractivity contribution in [1.82, 2.24) is 4.90 Å². The number of nitrogens with zero attached hydrogens (tertiary/aromatic N) is 1. The van der Waals surface area contributed by atoms with Gasteiger partial charge in [-0.25, -0.2) is 0 Å². The zero-order valence-corrected chi connectivity index (χ0v) is 13.3. The van der Waals surface area contributed by atoms with Crippen LogP contribution in [-0.4, -0.2) is 48.3 Å². The number of rotatable bonds is 5. The van der Waals surface area contributed by atoms with Crippen LogP contribution in [0.4, 0.5) is 0 Å². The van der Waals surface area contributed by atoms with E-state index in [0.717, 1.165) is 42.3 Å². The van der Waals surface area contributed by atoms with Gasteiger partial charge in [0.05, 0.1) is 6.10 Å². The van der Waals surface area contributed by atoms with E-state index in [0.29, 0.717) is 13.0 Å². The van der Waals surface area contributed by atoms with Crippen molar-refractivity contribution in [3.8, 4) is 0 Å². The van der Waals surface area contributed by atoms with Crippen LogP contribution in [0.15, 0.2) is 42.5 Å². The lowest BCUT2D eigenvalue weighted by atomic mass is 10.0.